The molecule has 1 heterocycles. The average molecular weight is 390 g/mol. The van der Waals surface area contributed by atoms with E-state index in [1.165, 1.54) is 0 Å². The molecule has 2 rings (SSSR count). The zero-order chi connectivity index (χ0) is 19.3. The summed E-state index contributed by atoms with van der Waals surface area (Å²) in [5.74, 6) is 2.31. The molecule has 1 aliphatic heterocycles. The van der Waals surface area contributed by atoms with Crippen LogP contribution < -0.4 is 10.1 Å². The molecule has 4 nitrogen and oxygen atoms in total. The first-order valence-corrected chi connectivity index (χ1v) is 9.66. The predicted molar refractivity (Wildman–Crippen MR) is 97.7 cm³/mol. The van der Waals surface area contributed by atoms with Gasteiger partial charge in [-0.15, -0.1) is 0 Å². The van der Waals surface area contributed by atoms with Crippen molar-refractivity contribution in [3.63, 3.8) is 0 Å². The van der Waals surface area contributed by atoms with Gasteiger partial charge in [-0.05, 0) is 30.5 Å². The molecule has 1 fully saturated rings. The Hall–Kier alpha value is -1.41. The fraction of sp³-hybridized carbons (Fsp3) is 0.611. The maximum Gasteiger partial charge on any atom is 0.422 e. The van der Waals surface area contributed by atoms with Crippen molar-refractivity contribution in [1.82, 2.24) is 10.2 Å². The first-order valence-electron chi connectivity index (χ1n) is 8.50. The summed E-state index contributed by atoms with van der Waals surface area (Å²) in [6.07, 6.45) is -3.91. The summed E-state index contributed by atoms with van der Waals surface area (Å²) < 4.78 is 42.0. The van der Waals surface area contributed by atoms with E-state index in [0.29, 0.717) is 24.1 Å². The molecule has 1 aromatic carbocycles. The number of aryl methyl sites for hydroxylation is 2. The zero-order valence-electron chi connectivity index (χ0n) is 15.3. The number of thioether (sulfide) groups is 1. The number of halogens is 3. The number of hydrogen-bond donors (Lipinski definition) is 1. The lowest BCUT2D eigenvalue weighted by Crippen LogP contribution is -2.41. The Balaban J connectivity index is 1.96. The minimum atomic E-state index is -4.37. The van der Waals surface area contributed by atoms with Crippen molar-refractivity contribution in [1.29, 1.82) is 0 Å². The van der Waals surface area contributed by atoms with Crippen LogP contribution >= 0.6 is 11.8 Å². The number of benzene rings is 1. The Bertz CT molecular complexity index is 608. The minimum absolute atomic E-state index is 0.0534. The molecule has 0 spiro atoms. The normalized spacial score (nSPS) is 17.8. The lowest BCUT2D eigenvalue weighted by molar-refractivity contribution is -0.153. The summed E-state index contributed by atoms with van der Waals surface area (Å²) in [5, 5.41) is 3.34. The summed E-state index contributed by atoms with van der Waals surface area (Å²) in [5.41, 5.74) is 2.15. The van der Waals surface area contributed by atoms with Gasteiger partial charge in [-0.2, -0.15) is 24.9 Å². The number of hydrogen-bond acceptors (Lipinski definition) is 4. The number of carbonyl (C=O) groups is 1. The first kappa shape index (κ1) is 20.9. The standard InChI is InChI=1S/C18H25F3N2O2S/c1-12-6-14(7-13(2)17(12)25-11-18(19,20)21)9-23(3)16(24)8-15-10-26-5-4-22-15/h6-7,15,22H,4-5,8-11H2,1-3H3. The van der Waals surface area contributed by atoms with Gasteiger partial charge in [-0.25, -0.2) is 0 Å². The minimum Gasteiger partial charge on any atom is -0.484 e. The second kappa shape index (κ2) is 8.99. The lowest BCUT2D eigenvalue weighted by atomic mass is 10.0. The van der Waals surface area contributed by atoms with Crippen LogP contribution in [0, 0.1) is 13.8 Å². The van der Waals surface area contributed by atoms with Gasteiger partial charge >= 0.3 is 6.18 Å². The molecule has 1 N–H and O–H groups in total. The Kier molecular flexibility index (Phi) is 7.23. The van der Waals surface area contributed by atoms with Gasteiger partial charge in [0.1, 0.15) is 5.75 Å². The fourth-order valence-electron chi connectivity index (χ4n) is 2.99. The highest BCUT2D eigenvalue weighted by atomic mass is 32.2. The van der Waals surface area contributed by atoms with Gasteiger partial charge in [0.2, 0.25) is 5.91 Å². The molecule has 1 aromatic rings. The van der Waals surface area contributed by atoms with E-state index in [0.717, 1.165) is 23.6 Å². The van der Waals surface area contributed by atoms with Crippen molar-refractivity contribution in [2.75, 3.05) is 31.7 Å². The van der Waals surface area contributed by atoms with Crippen LogP contribution in [0.3, 0.4) is 0 Å². The smallest absolute Gasteiger partial charge is 0.422 e. The molecule has 1 aliphatic rings. The summed E-state index contributed by atoms with van der Waals surface area (Å²) in [4.78, 5) is 14.1. The Morgan fingerprint density at radius 3 is 2.54 bits per heavy atom. The van der Waals surface area contributed by atoms with Crippen molar-refractivity contribution in [2.45, 2.75) is 39.0 Å². The third-order valence-electron chi connectivity index (χ3n) is 4.17. The van der Waals surface area contributed by atoms with Crippen LogP contribution in [-0.2, 0) is 11.3 Å². The summed E-state index contributed by atoms with van der Waals surface area (Å²) in [6.45, 7) is 3.46. The molecule has 146 valence electrons. The third kappa shape index (κ3) is 6.39. The van der Waals surface area contributed by atoms with Crippen LogP contribution in [0.15, 0.2) is 12.1 Å². The molecule has 26 heavy (non-hydrogen) atoms. The highest BCUT2D eigenvalue weighted by Crippen LogP contribution is 2.27. The van der Waals surface area contributed by atoms with E-state index in [-0.39, 0.29) is 17.7 Å². The number of nitrogens with one attached hydrogen (secondary N) is 1. The quantitative estimate of drug-likeness (QED) is 0.809. The van der Waals surface area contributed by atoms with Crippen LogP contribution in [0.2, 0.25) is 0 Å². The van der Waals surface area contributed by atoms with E-state index in [9.17, 15) is 18.0 Å². The summed E-state index contributed by atoms with van der Waals surface area (Å²) >= 11 is 1.85. The number of rotatable bonds is 6. The van der Waals surface area contributed by atoms with E-state index in [2.05, 4.69) is 5.32 Å². The molecule has 1 amide bonds. The number of alkyl halides is 3. The molecular weight excluding hydrogens is 365 g/mol. The topological polar surface area (TPSA) is 41.6 Å². The van der Waals surface area contributed by atoms with Gasteiger partial charge in [-0.3, -0.25) is 4.79 Å². The van der Waals surface area contributed by atoms with Gasteiger partial charge in [0.05, 0.1) is 0 Å². The molecule has 0 saturated carbocycles. The molecule has 0 aromatic heterocycles. The van der Waals surface area contributed by atoms with E-state index in [1.54, 1.807) is 37.9 Å². The molecule has 0 radical (unpaired) electrons. The molecule has 8 heteroatoms. The molecular formula is C18H25F3N2O2S. The Labute approximate surface area is 156 Å². The first-order chi connectivity index (χ1) is 12.2. The highest BCUT2D eigenvalue weighted by Gasteiger charge is 2.29. The van der Waals surface area contributed by atoms with Crippen LogP contribution in [-0.4, -0.2) is 54.7 Å². The van der Waals surface area contributed by atoms with Gasteiger partial charge in [-0.1, -0.05) is 12.1 Å². The predicted octanol–water partition coefficient (Wildman–Crippen LogP) is 3.30. The number of ether oxygens (including phenoxy) is 1. The van der Waals surface area contributed by atoms with Gasteiger partial charge < -0.3 is 15.0 Å². The lowest BCUT2D eigenvalue weighted by Gasteiger charge is -2.25. The summed E-state index contributed by atoms with van der Waals surface area (Å²) in [7, 11) is 1.75. The van der Waals surface area contributed by atoms with Crippen molar-refractivity contribution in [3.8, 4) is 5.75 Å². The Morgan fingerprint density at radius 2 is 2.00 bits per heavy atom. The van der Waals surface area contributed by atoms with Crippen LogP contribution in [0.25, 0.3) is 0 Å². The van der Waals surface area contributed by atoms with Crippen molar-refractivity contribution < 1.29 is 22.7 Å². The monoisotopic (exact) mass is 390 g/mol. The molecule has 0 aliphatic carbocycles. The van der Waals surface area contributed by atoms with E-state index < -0.39 is 12.8 Å². The summed E-state index contributed by atoms with van der Waals surface area (Å²) in [6, 6.07) is 3.75. The van der Waals surface area contributed by atoms with Gasteiger partial charge in [0.25, 0.3) is 0 Å². The molecule has 0 bridgehead atoms. The van der Waals surface area contributed by atoms with E-state index in [1.807, 2.05) is 11.8 Å². The number of amides is 1. The largest absolute Gasteiger partial charge is 0.484 e. The van der Waals surface area contributed by atoms with Gasteiger partial charge in [0, 0.05) is 44.1 Å². The van der Waals surface area contributed by atoms with Crippen LogP contribution in [0.5, 0.6) is 5.75 Å². The number of nitrogens with zero attached hydrogens (tertiary/aromatic N) is 1. The van der Waals surface area contributed by atoms with Crippen LogP contribution in [0.1, 0.15) is 23.1 Å². The van der Waals surface area contributed by atoms with E-state index >= 15 is 0 Å². The third-order valence-corrected chi connectivity index (χ3v) is 5.30. The van der Waals surface area contributed by atoms with Gasteiger partial charge in [0.15, 0.2) is 6.61 Å². The Morgan fingerprint density at radius 1 is 1.35 bits per heavy atom. The SMILES string of the molecule is Cc1cc(CN(C)C(=O)CC2CSCCN2)cc(C)c1OCC(F)(F)F. The van der Waals surface area contributed by atoms with Crippen molar-refractivity contribution >= 4 is 17.7 Å². The highest BCUT2D eigenvalue weighted by molar-refractivity contribution is 7.99. The van der Waals surface area contributed by atoms with Crippen molar-refractivity contribution in [3.05, 3.63) is 28.8 Å². The second-order valence-corrected chi connectivity index (χ2v) is 7.79. The molecule has 1 unspecified atom stereocenters. The maximum atomic E-state index is 12.4. The average Bonchev–Trinajstić information content (AvgIpc) is 2.53. The molecule has 1 atom stereocenters. The maximum absolute atomic E-state index is 12.4. The zero-order valence-corrected chi connectivity index (χ0v) is 16.1. The van der Waals surface area contributed by atoms with Crippen molar-refractivity contribution in [2.24, 2.45) is 0 Å². The fourth-order valence-corrected chi connectivity index (χ4v) is 3.94. The van der Waals surface area contributed by atoms with Crippen LogP contribution in [0.4, 0.5) is 13.2 Å². The van der Waals surface area contributed by atoms with E-state index in [4.69, 9.17) is 4.74 Å². The second-order valence-electron chi connectivity index (χ2n) is 6.64. The molecule has 1 saturated heterocycles. The number of carbonyl (C=O) groups excluding carboxylic acids is 1.